The molecule has 13 heavy (non-hydrogen) atoms. The average Bonchev–Trinajstić information content (AvgIpc) is 2.17. The SMILES string of the molecule is CCCC[N+]1(CCC)CCNCC1. The maximum Gasteiger partial charge on any atom is 0.0913 e. The Balaban J connectivity index is 2.40. The summed E-state index contributed by atoms with van der Waals surface area (Å²) < 4.78 is 1.39. The van der Waals surface area contributed by atoms with Crippen molar-refractivity contribution in [3.05, 3.63) is 0 Å². The minimum atomic E-state index is 1.23. The summed E-state index contributed by atoms with van der Waals surface area (Å²) in [6.45, 7) is 12.6. The fourth-order valence-electron chi connectivity index (χ4n) is 2.40. The van der Waals surface area contributed by atoms with Crippen LogP contribution in [0.15, 0.2) is 0 Å². The molecule has 1 heterocycles. The third-order valence-corrected chi connectivity index (χ3v) is 3.21. The van der Waals surface area contributed by atoms with Gasteiger partial charge in [0.15, 0.2) is 0 Å². The maximum atomic E-state index is 3.46. The summed E-state index contributed by atoms with van der Waals surface area (Å²) in [4.78, 5) is 0. The van der Waals surface area contributed by atoms with Crippen molar-refractivity contribution in [2.24, 2.45) is 0 Å². The summed E-state index contributed by atoms with van der Waals surface area (Å²) in [6.07, 6.45) is 4.08. The van der Waals surface area contributed by atoms with E-state index in [2.05, 4.69) is 19.2 Å². The Kier molecular flexibility index (Phi) is 4.74. The Bertz CT molecular complexity index is 123. The van der Waals surface area contributed by atoms with Crippen molar-refractivity contribution in [3.8, 4) is 0 Å². The zero-order valence-electron chi connectivity index (χ0n) is 9.31. The van der Waals surface area contributed by atoms with Gasteiger partial charge in [-0.15, -0.1) is 0 Å². The molecule has 1 N–H and O–H groups in total. The number of piperazine rings is 1. The molecule has 1 rings (SSSR count). The van der Waals surface area contributed by atoms with Crippen molar-refractivity contribution in [2.75, 3.05) is 39.3 Å². The Labute approximate surface area is 82.9 Å². The normalized spacial score (nSPS) is 21.7. The number of nitrogens with one attached hydrogen (secondary N) is 1. The molecule has 0 unspecified atom stereocenters. The average molecular weight is 185 g/mol. The Morgan fingerprint density at radius 3 is 2.23 bits per heavy atom. The minimum Gasteiger partial charge on any atom is -0.322 e. The van der Waals surface area contributed by atoms with E-state index >= 15 is 0 Å². The van der Waals surface area contributed by atoms with Crippen molar-refractivity contribution in [2.45, 2.75) is 33.1 Å². The van der Waals surface area contributed by atoms with Gasteiger partial charge in [0.1, 0.15) is 0 Å². The van der Waals surface area contributed by atoms with Crippen LogP contribution in [0.4, 0.5) is 0 Å². The molecular weight excluding hydrogens is 160 g/mol. The zero-order chi connectivity index (χ0) is 9.57. The topological polar surface area (TPSA) is 12.0 Å². The number of quaternary nitrogens is 1. The lowest BCUT2D eigenvalue weighted by atomic mass is 10.2. The van der Waals surface area contributed by atoms with Crippen LogP contribution in [0.3, 0.4) is 0 Å². The largest absolute Gasteiger partial charge is 0.322 e. The lowest BCUT2D eigenvalue weighted by Crippen LogP contribution is -2.59. The molecule has 0 amide bonds. The molecule has 1 fully saturated rings. The Morgan fingerprint density at radius 1 is 1.00 bits per heavy atom. The first-order valence-corrected chi connectivity index (χ1v) is 5.89. The number of hydrogen-bond acceptors (Lipinski definition) is 1. The van der Waals surface area contributed by atoms with E-state index in [0.717, 1.165) is 0 Å². The predicted molar refractivity (Wildman–Crippen MR) is 57.8 cm³/mol. The summed E-state index contributed by atoms with van der Waals surface area (Å²) in [5.74, 6) is 0. The highest BCUT2D eigenvalue weighted by molar-refractivity contribution is 4.57. The molecule has 0 aliphatic carbocycles. The van der Waals surface area contributed by atoms with Gasteiger partial charge >= 0.3 is 0 Å². The van der Waals surface area contributed by atoms with Crippen LogP contribution in [-0.2, 0) is 0 Å². The molecule has 2 nitrogen and oxygen atoms in total. The van der Waals surface area contributed by atoms with Crippen LogP contribution >= 0.6 is 0 Å². The van der Waals surface area contributed by atoms with E-state index in [1.54, 1.807) is 0 Å². The monoisotopic (exact) mass is 185 g/mol. The van der Waals surface area contributed by atoms with Gasteiger partial charge < -0.3 is 9.80 Å². The first-order chi connectivity index (χ1) is 6.33. The third kappa shape index (κ3) is 3.28. The van der Waals surface area contributed by atoms with Crippen LogP contribution in [0.25, 0.3) is 0 Å². The van der Waals surface area contributed by atoms with Crippen LogP contribution in [0.2, 0.25) is 0 Å². The summed E-state index contributed by atoms with van der Waals surface area (Å²) in [5, 5.41) is 3.46. The van der Waals surface area contributed by atoms with Crippen molar-refractivity contribution in [1.82, 2.24) is 5.32 Å². The van der Waals surface area contributed by atoms with Gasteiger partial charge in [-0.3, -0.25) is 0 Å². The molecule has 2 heteroatoms. The van der Waals surface area contributed by atoms with E-state index in [1.807, 2.05) is 0 Å². The molecule has 0 bridgehead atoms. The molecule has 78 valence electrons. The fourth-order valence-corrected chi connectivity index (χ4v) is 2.40. The van der Waals surface area contributed by atoms with Crippen LogP contribution in [-0.4, -0.2) is 43.8 Å². The van der Waals surface area contributed by atoms with Gasteiger partial charge in [0.05, 0.1) is 26.2 Å². The molecule has 1 aliphatic heterocycles. The highest BCUT2D eigenvalue weighted by Gasteiger charge is 2.27. The quantitative estimate of drug-likeness (QED) is 0.642. The molecule has 0 aromatic rings. The summed E-state index contributed by atoms with van der Waals surface area (Å²) >= 11 is 0. The lowest BCUT2D eigenvalue weighted by molar-refractivity contribution is -0.930. The van der Waals surface area contributed by atoms with Gasteiger partial charge in [0.2, 0.25) is 0 Å². The van der Waals surface area contributed by atoms with Crippen LogP contribution < -0.4 is 5.32 Å². The smallest absolute Gasteiger partial charge is 0.0913 e. The molecule has 0 spiro atoms. The summed E-state index contributed by atoms with van der Waals surface area (Å²) in [7, 11) is 0. The second kappa shape index (κ2) is 5.61. The predicted octanol–water partition coefficient (Wildman–Crippen LogP) is 1.62. The van der Waals surface area contributed by atoms with Crippen LogP contribution in [0, 0.1) is 0 Å². The fraction of sp³-hybridized carbons (Fsp3) is 1.00. The van der Waals surface area contributed by atoms with E-state index in [-0.39, 0.29) is 0 Å². The number of nitrogens with zero attached hydrogens (tertiary/aromatic N) is 1. The van der Waals surface area contributed by atoms with Crippen LogP contribution in [0.1, 0.15) is 33.1 Å². The number of hydrogen-bond donors (Lipinski definition) is 1. The van der Waals surface area contributed by atoms with Gasteiger partial charge in [0.25, 0.3) is 0 Å². The first-order valence-electron chi connectivity index (χ1n) is 5.89. The highest BCUT2D eigenvalue weighted by atomic mass is 15.4. The standard InChI is InChI=1S/C11H25N2/c1-3-5-9-13(8-4-2)10-6-12-7-11-13/h12H,3-11H2,1-2H3/q+1. The van der Waals surface area contributed by atoms with Crippen molar-refractivity contribution >= 4 is 0 Å². The second-order valence-electron chi connectivity index (χ2n) is 4.34. The summed E-state index contributed by atoms with van der Waals surface area (Å²) in [6, 6.07) is 0. The number of rotatable bonds is 5. The molecule has 0 saturated carbocycles. The van der Waals surface area contributed by atoms with E-state index < -0.39 is 0 Å². The maximum absolute atomic E-state index is 3.46. The van der Waals surface area contributed by atoms with Gasteiger partial charge in [-0.05, 0) is 12.8 Å². The second-order valence-corrected chi connectivity index (χ2v) is 4.34. The molecule has 1 aliphatic rings. The molecule has 0 aromatic heterocycles. The minimum absolute atomic E-state index is 1.23. The van der Waals surface area contributed by atoms with Crippen molar-refractivity contribution < 1.29 is 4.48 Å². The van der Waals surface area contributed by atoms with Gasteiger partial charge in [-0.1, -0.05) is 20.3 Å². The Hall–Kier alpha value is -0.0800. The first kappa shape index (κ1) is 11.0. The summed E-state index contributed by atoms with van der Waals surface area (Å²) in [5.41, 5.74) is 0. The van der Waals surface area contributed by atoms with Crippen molar-refractivity contribution in [1.29, 1.82) is 0 Å². The van der Waals surface area contributed by atoms with Crippen molar-refractivity contribution in [3.63, 3.8) is 0 Å². The lowest BCUT2D eigenvalue weighted by Gasteiger charge is -2.41. The number of unbranched alkanes of at least 4 members (excludes halogenated alkanes) is 1. The van der Waals surface area contributed by atoms with Crippen LogP contribution in [0.5, 0.6) is 0 Å². The molecule has 0 atom stereocenters. The van der Waals surface area contributed by atoms with E-state index in [4.69, 9.17) is 0 Å². The van der Waals surface area contributed by atoms with Gasteiger partial charge in [-0.25, -0.2) is 0 Å². The molecular formula is C11H25N2+. The Morgan fingerprint density at radius 2 is 1.69 bits per heavy atom. The molecule has 0 aromatic carbocycles. The van der Waals surface area contributed by atoms with E-state index in [1.165, 1.54) is 63.0 Å². The third-order valence-electron chi connectivity index (χ3n) is 3.21. The van der Waals surface area contributed by atoms with Gasteiger partial charge in [0, 0.05) is 13.1 Å². The highest BCUT2D eigenvalue weighted by Crippen LogP contribution is 2.12. The zero-order valence-corrected chi connectivity index (χ0v) is 9.31. The van der Waals surface area contributed by atoms with Gasteiger partial charge in [-0.2, -0.15) is 0 Å². The molecule has 1 saturated heterocycles. The molecule has 0 radical (unpaired) electrons. The van der Waals surface area contributed by atoms with E-state index in [9.17, 15) is 0 Å². The van der Waals surface area contributed by atoms with E-state index in [0.29, 0.717) is 0 Å².